The smallest absolute Gasteiger partial charge is 0.430 e. The lowest BCUT2D eigenvalue weighted by molar-refractivity contribution is -0.376. The Morgan fingerprint density at radius 3 is 2.02 bits per heavy atom. The maximum atomic E-state index is 13.4. The molecule has 248 valence electrons. The summed E-state index contributed by atoms with van der Waals surface area (Å²) in [6.45, 7) is 9.59. The summed E-state index contributed by atoms with van der Waals surface area (Å²) in [5.41, 5.74) is -5.46. The van der Waals surface area contributed by atoms with E-state index in [-0.39, 0.29) is 41.9 Å². The zero-order valence-corrected chi connectivity index (χ0v) is 25.9. The Labute approximate surface area is 262 Å². The number of amides is 3. The van der Waals surface area contributed by atoms with Crippen LogP contribution in [0.3, 0.4) is 0 Å². The van der Waals surface area contributed by atoms with Crippen LogP contribution in [0.15, 0.2) is 60.8 Å². The van der Waals surface area contributed by atoms with Gasteiger partial charge in [-0.25, -0.2) is 4.79 Å². The molecule has 1 aliphatic rings. The number of carbonyl (C=O) groups excluding carboxylic acids is 2. The summed E-state index contributed by atoms with van der Waals surface area (Å²) in [7, 11) is 0. The van der Waals surface area contributed by atoms with Crippen molar-refractivity contribution in [1.82, 2.24) is 15.2 Å². The number of carbonyl (C=O) groups is 2. The predicted molar refractivity (Wildman–Crippen MR) is 157 cm³/mol. The minimum atomic E-state index is -6.01. The molecule has 0 aliphatic carbocycles. The minimum Gasteiger partial charge on any atom is -0.455 e. The van der Waals surface area contributed by atoms with E-state index >= 15 is 0 Å². The van der Waals surface area contributed by atoms with Crippen molar-refractivity contribution >= 4 is 11.9 Å². The second kappa shape index (κ2) is 12.2. The number of nitrogens with one attached hydrogen (secondary N) is 1. The van der Waals surface area contributed by atoms with Crippen LogP contribution in [0.2, 0.25) is 0 Å². The molecule has 1 atom stereocenters. The molecule has 1 aliphatic heterocycles. The van der Waals surface area contributed by atoms with E-state index < -0.39 is 41.0 Å². The van der Waals surface area contributed by atoms with Gasteiger partial charge in [0.25, 0.3) is 11.5 Å². The summed E-state index contributed by atoms with van der Waals surface area (Å²) in [5.74, 6) is -0.256. The van der Waals surface area contributed by atoms with Gasteiger partial charge in [0.15, 0.2) is 0 Å². The number of benzene rings is 2. The van der Waals surface area contributed by atoms with Gasteiger partial charge in [-0.3, -0.25) is 14.7 Å². The molecular formula is C33H35F6N3O4. The van der Waals surface area contributed by atoms with Crippen molar-refractivity contribution in [2.75, 3.05) is 6.54 Å². The van der Waals surface area contributed by atoms with Gasteiger partial charge in [-0.2, -0.15) is 26.3 Å². The standard InChI is InChI=1S/C33H35F6N3O4/c1-6-7-20-18-23(31(45,32(34,35)36)33(37,38)39)12-15-26(20)46-25-14-13-24(40-19-25)16-17-42-27(43)30(5,41-28(42)44)22-10-8-21(9-11-22)29(2,3)4/h8-15,18-19,45H,6-7,16-17H2,1-5H3,(H,41,44). The molecule has 13 heteroatoms. The first-order valence-corrected chi connectivity index (χ1v) is 14.6. The molecule has 46 heavy (non-hydrogen) atoms. The fourth-order valence-electron chi connectivity index (χ4n) is 5.23. The van der Waals surface area contributed by atoms with Crippen molar-refractivity contribution in [2.45, 2.75) is 82.8 Å². The molecule has 1 fully saturated rings. The van der Waals surface area contributed by atoms with Crippen LogP contribution in [0.1, 0.15) is 69.0 Å². The summed E-state index contributed by atoms with van der Waals surface area (Å²) in [5, 5.41) is 12.6. The van der Waals surface area contributed by atoms with Crippen molar-refractivity contribution in [3.05, 3.63) is 88.7 Å². The average Bonchev–Trinajstić information content (AvgIpc) is 3.19. The predicted octanol–water partition coefficient (Wildman–Crippen LogP) is 7.45. The van der Waals surface area contributed by atoms with E-state index in [0.29, 0.717) is 29.8 Å². The van der Waals surface area contributed by atoms with E-state index in [1.54, 1.807) is 19.9 Å². The molecule has 0 spiro atoms. The molecule has 3 amide bonds. The number of urea groups is 1. The zero-order chi connectivity index (χ0) is 34.3. The van der Waals surface area contributed by atoms with Gasteiger partial charge in [-0.1, -0.05) is 64.4 Å². The van der Waals surface area contributed by atoms with Gasteiger partial charge in [0.2, 0.25) is 0 Å². The van der Waals surface area contributed by atoms with Gasteiger partial charge >= 0.3 is 18.4 Å². The molecule has 0 radical (unpaired) electrons. The maximum absolute atomic E-state index is 13.4. The number of alkyl halides is 6. The summed E-state index contributed by atoms with van der Waals surface area (Å²) in [6, 6.07) is 12.2. The number of aromatic nitrogens is 1. The first-order valence-electron chi connectivity index (χ1n) is 14.6. The molecule has 1 unspecified atom stereocenters. The van der Waals surface area contributed by atoms with E-state index in [0.717, 1.165) is 16.5 Å². The highest BCUT2D eigenvalue weighted by Crippen LogP contribution is 2.50. The van der Waals surface area contributed by atoms with Crippen molar-refractivity contribution in [2.24, 2.45) is 0 Å². The molecule has 1 saturated heterocycles. The molecular weight excluding hydrogens is 616 g/mol. The number of ether oxygens (including phenoxy) is 1. The highest BCUT2D eigenvalue weighted by atomic mass is 19.4. The molecule has 2 heterocycles. The lowest BCUT2D eigenvalue weighted by atomic mass is 9.84. The first-order chi connectivity index (χ1) is 21.2. The Hall–Kier alpha value is -4.13. The molecule has 1 aromatic heterocycles. The van der Waals surface area contributed by atoms with Crippen molar-refractivity contribution in [3.8, 4) is 11.5 Å². The molecule has 0 saturated carbocycles. The number of aliphatic hydroxyl groups is 1. The Morgan fingerprint density at radius 2 is 1.50 bits per heavy atom. The Bertz CT molecular complexity index is 1570. The summed E-state index contributed by atoms with van der Waals surface area (Å²) in [4.78, 5) is 31.5. The van der Waals surface area contributed by atoms with Gasteiger partial charge in [0.1, 0.15) is 17.0 Å². The fraction of sp³-hybridized carbons (Fsp3) is 0.424. The highest BCUT2D eigenvalue weighted by Gasteiger charge is 2.71. The highest BCUT2D eigenvalue weighted by molar-refractivity contribution is 6.07. The largest absolute Gasteiger partial charge is 0.455 e. The number of hydrogen-bond donors (Lipinski definition) is 2. The van der Waals surface area contributed by atoms with Crippen LogP contribution in [0.5, 0.6) is 11.5 Å². The molecule has 7 nitrogen and oxygen atoms in total. The van der Waals surface area contributed by atoms with Crippen LogP contribution >= 0.6 is 0 Å². The number of aryl methyl sites for hydroxylation is 1. The van der Waals surface area contributed by atoms with Crippen LogP contribution in [0, 0.1) is 0 Å². The number of rotatable bonds is 9. The van der Waals surface area contributed by atoms with Crippen LogP contribution in [-0.2, 0) is 34.2 Å². The lowest BCUT2D eigenvalue weighted by Crippen LogP contribution is -2.53. The number of hydrogen-bond acceptors (Lipinski definition) is 5. The third kappa shape index (κ3) is 6.55. The Morgan fingerprint density at radius 1 is 0.891 bits per heavy atom. The van der Waals surface area contributed by atoms with Crippen LogP contribution in [0.25, 0.3) is 0 Å². The van der Waals surface area contributed by atoms with Gasteiger partial charge in [0, 0.05) is 24.2 Å². The van der Waals surface area contributed by atoms with E-state index in [2.05, 4.69) is 31.1 Å². The van der Waals surface area contributed by atoms with E-state index in [1.165, 1.54) is 12.3 Å². The number of nitrogens with zero attached hydrogens (tertiary/aromatic N) is 2. The first kappa shape index (κ1) is 34.7. The van der Waals surface area contributed by atoms with Gasteiger partial charge in [-0.05, 0) is 59.7 Å². The molecule has 3 aromatic rings. The van der Waals surface area contributed by atoms with E-state index in [4.69, 9.17) is 4.74 Å². The van der Waals surface area contributed by atoms with Crippen LogP contribution < -0.4 is 10.1 Å². The number of imide groups is 1. The van der Waals surface area contributed by atoms with E-state index in [1.807, 2.05) is 24.3 Å². The second-order valence-electron chi connectivity index (χ2n) is 12.5. The third-order valence-electron chi connectivity index (χ3n) is 8.04. The molecule has 0 bridgehead atoms. The molecule has 2 N–H and O–H groups in total. The Kier molecular flexibility index (Phi) is 9.24. The topological polar surface area (TPSA) is 91.8 Å². The van der Waals surface area contributed by atoms with Crippen LogP contribution in [0.4, 0.5) is 31.1 Å². The van der Waals surface area contributed by atoms with Crippen molar-refractivity contribution in [1.29, 1.82) is 0 Å². The minimum absolute atomic E-state index is 0.000928. The quantitative estimate of drug-likeness (QED) is 0.185. The number of halogens is 6. The van der Waals surface area contributed by atoms with Gasteiger partial charge in [0.05, 0.1) is 6.20 Å². The summed E-state index contributed by atoms with van der Waals surface area (Å²) < 4.78 is 86.2. The normalized spacial score (nSPS) is 17.8. The fourth-order valence-corrected chi connectivity index (χ4v) is 5.23. The maximum Gasteiger partial charge on any atom is 0.430 e. The monoisotopic (exact) mass is 651 g/mol. The third-order valence-corrected chi connectivity index (χ3v) is 8.04. The van der Waals surface area contributed by atoms with Gasteiger partial charge < -0.3 is 15.2 Å². The SMILES string of the molecule is CCCc1cc(C(O)(C(F)(F)F)C(F)(F)F)ccc1Oc1ccc(CCN2C(=O)NC(C)(c3ccc(C(C)(C)C)cc3)C2=O)nc1. The van der Waals surface area contributed by atoms with E-state index in [9.17, 15) is 41.0 Å². The molecule has 4 rings (SSSR count). The van der Waals surface area contributed by atoms with Crippen molar-refractivity contribution in [3.63, 3.8) is 0 Å². The average molecular weight is 652 g/mol. The second-order valence-corrected chi connectivity index (χ2v) is 12.5. The summed E-state index contributed by atoms with van der Waals surface area (Å²) >= 11 is 0. The van der Waals surface area contributed by atoms with Crippen molar-refractivity contribution < 1.29 is 45.8 Å². The Balaban J connectivity index is 1.46. The zero-order valence-electron chi connectivity index (χ0n) is 25.9. The molecule has 2 aromatic carbocycles. The lowest BCUT2D eigenvalue weighted by Gasteiger charge is -2.33. The summed E-state index contributed by atoms with van der Waals surface area (Å²) in [6.07, 6.45) is -10.0. The van der Waals surface area contributed by atoms with Crippen LogP contribution in [-0.4, -0.2) is 45.8 Å². The number of pyridine rings is 1. The van der Waals surface area contributed by atoms with Gasteiger partial charge in [-0.15, -0.1) is 0 Å².